The summed E-state index contributed by atoms with van der Waals surface area (Å²) in [5.41, 5.74) is 5.68. The molecule has 0 radical (unpaired) electrons. The van der Waals surface area contributed by atoms with Gasteiger partial charge in [0, 0.05) is 32.2 Å². The molecule has 0 atom stereocenters. The van der Waals surface area contributed by atoms with E-state index in [-0.39, 0.29) is 5.95 Å². The summed E-state index contributed by atoms with van der Waals surface area (Å²) in [5.74, 6) is 1.01. The molecule has 0 aliphatic carbocycles. The zero-order valence-electron chi connectivity index (χ0n) is 12.2. The maximum Gasteiger partial charge on any atom is 0.257 e. The molecule has 0 unspecified atom stereocenters. The molecule has 0 saturated heterocycles. The topological polar surface area (TPSA) is 104 Å². The number of ether oxygens (including phenoxy) is 1. The fourth-order valence-electron chi connectivity index (χ4n) is 1.67. The molecule has 2 aromatic heterocycles. The largest absolute Gasteiger partial charge is 0.381 e. The molecule has 0 amide bonds. The van der Waals surface area contributed by atoms with Gasteiger partial charge in [-0.2, -0.15) is 20.1 Å². The van der Waals surface area contributed by atoms with Crippen molar-refractivity contribution in [1.29, 1.82) is 0 Å². The predicted octanol–water partition coefficient (Wildman–Crippen LogP) is 1.26. The first-order chi connectivity index (χ1) is 10.3. The SMILES string of the molecule is CCCCOCCCNc1nc(N)nc(-n2cccn2)n1. The molecule has 0 aliphatic rings. The van der Waals surface area contributed by atoms with Gasteiger partial charge in [0.05, 0.1) is 0 Å². The van der Waals surface area contributed by atoms with E-state index < -0.39 is 0 Å². The highest BCUT2D eigenvalue weighted by Gasteiger charge is 2.05. The summed E-state index contributed by atoms with van der Waals surface area (Å²) in [5, 5.41) is 7.18. The summed E-state index contributed by atoms with van der Waals surface area (Å²) < 4.78 is 7.03. The van der Waals surface area contributed by atoms with Crippen LogP contribution in [-0.4, -0.2) is 44.5 Å². The Kier molecular flexibility index (Phi) is 5.89. The number of nitrogen functional groups attached to an aromatic ring is 1. The second kappa shape index (κ2) is 8.15. The number of unbranched alkanes of at least 4 members (excludes halogenated alkanes) is 1. The first kappa shape index (κ1) is 15.2. The lowest BCUT2D eigenvalue weighted by Gasteiger charge is -2.07. The van der Waals surface area contributed by atoms with Crippen LogP contribution in [0.1, 0.15) is 26.2 Å². The van der Waals surface area contributed by atoms with Crippen molar-refractivity contribution in [2.45, 2.75) is 26.2 Å². The second-order valence-electron chi connectivity index (χ2n) is 4.51. The first-order valence-electron chi connectivity index (χ1n) is 7.12. The molecule has 0 spiro atoms. The Morgan fingerprint density at radius 2 is 2.10 bits per heavy atom. The van der Waals surface area contributed by atoms with Crippen LogP contribution in [0.2, 0.25) is 0 Å². The molecule has 21 heavy (non-hydrogen) atoms. The molecule has 0 bridgehead atoms. The van der Waals surface area contributed by atoms with Crippen molar-refractivity contribution >= 4 is 11.9 Å². The van der Waals surface area contributed by atoms with E-state index in [1.807, 2.05) is 0 Å². The van der Waals surface area contributed by atoms with E-state index in [2.05, 4.69) is 32.3 Å². The molecule has 0 aliphatic heterocycles. The summed E-state index contributed by atoms with van der Waals surface area (Å²) in [7, 11) is 0. The number of anilines is 2. The van der Waals surface area contributed by atoms with E-state index >= 15 is 0 Å². The number of nitrogens with two attached hydrogens (primary N) is 1. The van der Waals surface area contributed by atoms with Crippen molar-refractivity contribution in [3.05, 3.63) is 18.5 Å². The molecule has 8 nitrogen and oxygen atoms in total. The molecular formula is C13H21N7O. The van der Waals surface area contributed by atoms with E-state index in [0.717, 1.165) is 32.5 Å². The molecule has 2 rings (SSSR count). The highest BCUT2D eigenvalue weighted by Crippen LogP contribution is 2.06. The highest BCUT2D eigenvalue weighted by atomic mass is 16.5. The lowest BCUT2D eigenvalue weighted by molar-refractivity contribution is 0.131. The zero-order chi connectivity index (χ0) is 14.9. The molecule has 0 saturated carbocycles. The standard InChI is InChI=1S/C13H21N7O/c1-2-3-9-21-10-5-6-15-12-17-11(14)18-13(19-12)20-8-4-7-16-20/h4,7-8H,2-3,5-6,9-10H2,1H3,(H3,14,15,17,18,19). The Hall–Kier alpha value is -2.22. The van der Waals surface area contributed by atoms with Crippen molar-refractivity contribution < 1.29 is 4.74 Å². The Morgan fingerprint density at radius 1 is 1.24 bits per heavy atom. The lowest BCUT2D eigenvalue weighted by Crippen LogP contribution is -2.13. The molecule has 2 heterocycles. The molecule has 8 heteroatoms. The van der Waals surface area contributed by atoms with Gasteiger partial charge >= 0.3 is 0 Å². The molecule has 0 fully saturated rings. The van der Waals surface area contributed by atoms with E-state index in [9.17, 15) is 0 Å². The third kappa shape index (κ3) is 4.99. The monoisotopic (exact) mass is 291 g/mol. The summed E-state index contributed by atoms with van der Waals surface area (Å²) in [6.07, 6.45) is 6.54. The fraction of sp³-hybridized carbons (Fsp3) is 0.538. The van der Waals surface area contributed by atoms with E-state index in [4.69, 9.17) is 10.5 Å². The second-order valence-corrected chi connectivity index (χ2v) is 4.51. The quantitative estimate of drug-likeness (QED) is 0.670. The molecule has 0 aromatic carbocycles. The minimum atomic E-state index is 0.164. The van der Waals surface area contributed by atoms with E-state index in [0.29, 0.717) is 18.4 Å². The van der Waals surface area contributed by atoms with Gasteiger partial charge in [-0.15, -0.1) is 0 Å². The highest BCUT2D eigenvalue weighted by molar-refractivity contribution is 5.34. The van der Waals surface area contributed by atoms with Crippen LogP contribution >= 0.6 is 0 Å². The van der Waals surface area contributed by atoms with Crippen LogP contribution in [0.15, 0.2) is 18.5 Å². The van der Waals surface area contributed by atoms with Crippen LogP contribution in [0.3, 0.4) is 0 Å². The normalized spacial score (nSPS) is 10.7. The van der Waals surface area contributed by atoms with Gasteiger partial charge in [0.1, 0.15) is 0 Å². The Labute approximate surface area is 123 Å². The van der Waals surface area contributed by atoms with E-state index in [1.54, 1.807) is 18.5 Å². The predicted molar refractivity (Wildman–Crippen MR) is 80.2 cm³/mol. The van der Waals surface area contributed by atoms with Crippen LogP contribution in [0.25, 0.3) is 5.95 Å². The lowest BCUT2D eigenvalue weighted by atomic mass is 10.4. The zero-order valence-corrected chi connectivity index (χ0v) is 12.2. The number of rotatable bonds is 9. The van der Waals surface area contributed by atoms with Crippen LogP contribution < -0.4 is 11.1 Å². The molecular weight excluding hydrogens is 270 g/mol. The minimum Gasteiger partial charge on any atom is -0.381 e. The van der Waals surface area contributed by atoms with Crippen molar-refractivity contribution in [3.63, 3.8) is 0 Å². The van der Waals surface area contributed by atoms with Crippen LogP contribution in [-0.2, 0) is 4.74 Å². The van der Waals surface area contributed by atoms with Gasteiger partial charge in [0.25, 0.3) is 5.95 Å². The van der Waals surface area contributed by atoms with Crippen molar-refractivity contribution in [2.24, 2.45) is 0 Å². The van der Waals surface area contributed by atoms with Gasteiger partial charge in [0.15, 0.2) is 0 Å². The van der Waals surface area contributed by atoms with Crippen molar-refractivity contribution in [1.82, 2.24) is 24.7 Å². The average Bonchev–Trinajstić information content (AvgIpc) is 3.00. The fourth-order valence-corrected chi connectivity index (χ4v) is 1.67. The smallest absolute Gasteiger partial charge is 0.257 e. The van der Waals surface area contributed by atoms with Crippen LogP contribution in [0.4, 0.5) is 11.9 Å². The Morgan fingerprint density at radius 3 is 2.86 bits per heavy atom. The maximum absolute atomic E-state index is 5.68. The summed E-state index contributed by atoms with van der Waals surface area (Å²) in [6.45, 7) is 4.40. The average molecular weight is 291 g/mol. The third-order valence-electron chi connectivity index (χ3n) is 2.74. The van der Waals surface area contributed by atoms with Crippen LogP contribution in [0.5, 0.6) is 0 Å². The van der Waals surface area contributed by atoms with Gasteiger partial charge in [-0.3, -0.25) is 0 Å². The van der Waals surface area contributed by atoms with Crippen molar-refractivity contribution in [2.75, 3.05) is 30.8 Å². The van der Waals surface area contributed by atoms with Gasteiger partial charge in [-0.05, 0) is 18.9 Å². The Bertz CT molecular complexity index is 529. The van der Waals surface area contributed by atoms with Gasteiger partial charge in [0.2, 0.25) is 11.9 Å². The number of aromatic nitrogens is 5. The van der Waals surface area contributed by atoms with Crippen LogP contribution in [0, 0.1) is 0 Å². The Balaban J connectivity index is 1.81. The summed E-state index contributed by atoms with van der Waals surface area (Å²) in [6, 6.07) is 1.79. The van der Waals surface area contributed by atoms with Gasteiger partial charge < -0.3 is 15.8 Å². The maximum atomic E-state index is 5.68. The number of hydrogen-bond acceptors (Lipinski definition) is 7. The summed E-state index contributed by atoms with van der Waals surface area (Å²) in [4.78, 5) is 12.4. The first-order valence-corrected chi connectivity index (χ1v) is 7.12. The molecule has 3 N–H and O–H groups in total. The van der Waals surface area contributed by atoms with Gasteiger partial charge in [-0.25, -0.2) is 4.68 Å². The third-order valence-corrected chi connectivity index (χ3v) is 2.74. The number of nitrogens with one attached hydrogen (secondary N) is 1. The van der Waals surface area contributed by atoms with E-state index in [1.165, 1.54) is 4.68 Å². The summed E-state index contributed by atoms with van der Waals surface area (Å²) >= 11 is 0. The van der Waals surface area contributed by atoms with Crippen molar-refractivity contribution in [3.8, 4) is 5.95 Å². The number of hydrogen-bond donors (Lipinski definition) is 2. The molecule has 2 aromatic rings. The minimum absolute atomic E-state index is 0.164. The van der Waals surface area contributed by atoms with Gasteiger partial charge in [-0.1, -0.05) is 13.3 Å². The molecule has 114 valence electrons. The number of nitrogens with zero attached hydrogens (tertiary/aromatic N) is 5.